The molecule has 21 heavy (non-hydrogen) atoms. The van der Waals surface area contributed by atoms with Gasteiger partial charge in [0.15, 0.2) is 5.82 Å². The average Bonchev–Trinajstić information content (AvgIpc) is 2.55. The zero-order chi connectivity index (χ0) is 14.7. The van der Waals surface area contributed by atoms with Crippen molar-refractivity contribution in [1.29, 1.82) is 0 Å². The van der Waals surface area contributed by atoms with E-state index in [2.05, 4.69) is 47.2 Å². The number of rotatable bonds is 3. The number of benzene rings is 1. The summed E-state index contributed by atoms with van der Waals surface area (Å²) in [6.45, 7) is 4.13. The van der Waals surface area contributed by atoms with Gasteiger partial charge < -0.3 is 0 Å². The van der Waals surface area contributed by atoms with Gasteiger partial charge in [0.1, 0.15) is 5.69 Å². The summed E-state index contributed by atoms with van der Waals surface area (Å²) in [6.07, 6.45) is 1.77. The summed E-state index contributed by atoms with van der Waals surface area (Å²) in [7, 11) is 0. The molecule has 0 saturated heterocycles. The van der Waals surface area contributed by atoms with Crippen molar-refractivity contribution < 1.29 is 0 Å². The highest BCUT2D eigenvalue weighted by atomic mass is 14.9. The van der Waals surface area contributed by atoms with Crippen molar-refractivity contribution in [3.8, 4) is 11.5 Å². The van der Waals surface area contributed by atoms with Gasteiger partial charge in [-0.25, -0.2) is 15.0 Å². The Balaban J connectivity index is 1.97. The van der Waals surface area contributed by atoms with Crippen LogP contribution in [0.3, 0.4) is 0 Å². The van der Waals surface area contributed by atoms with Crippen molar-refractivity contribution in [1.82, 2.24) is 15.0 Å². The summed E-state index contributed by atoms with van der Waals surface area (Å²) >= 11 is 0. The minimum atomic E-state index is 0.246. The van der Waals surface area contributed by atoms with Crippen molar-refractivity contribution in [2.24, 2.45) is 0 Å². The third kappa shape index (κ3) is 2.97. The van der Waals surface area contributed by atoms with E-state index in [1.165, 1.54) is 5.56 Å². The van der Waals surface area contributed by atoms with E-state index in [4.69, 9.17) is 4.98 Å². The van der Waals surface area contributed by atoms with Gasteiger partial charge in [0.25, 0.3) is 0 Å². The molecule has 1 unspecified atom stereocenters. The largest absolute Gasteiger partial charge is 0.249 e. The van der Waals surface area contributed by atoms with E-state index in [0.717, 1.165) is 17.1 Å². The normalized spacial score (nSPS) is 12.1. The Morgan fingerprint density at radius 3 is 2.43 bits per heavy atom. The van der Waals surface area contributed by atoms with Crippen molar-refractivity contribution in [3.05, 3.63) is 77.7 Å². The second-order valence-electron chi connectivity index (χ2n) is 5.10. The molecule has 0 bridgehead atoms. The molecule has 0 amide bonds. The van der Waals surface area contributed by atoms with Crippen LogP contribution < -0.4 is 0 Å². The van der Waals surface area contributed by atoms with Crippen LogP contribution in [-0.2, 0) is 0 Å². The average molecular weight is 275 g/mol. The van der Waals surface area contributed by atoms with Gasteiger partial charge in [0.05, 0.1) is 0 Å². The fraction of sp³-hybridized carbons (Fsp3) is 0.167. The molecule has 0 fully saturated rings. The molecule has 3 heteroatoms. The third-order valence-electron chi connectivity index (χ3n) is 3.54. The second-order valence-corrected chi connectivity index (χ2v) is 5.10. The predicted molar refractivity (Wildman–Crippen MR) is 84.0 cm³/mol. The van der Waals surface area contributed by atoms with Crippen LogP contribution in [0.2, 0.25) is 0 Å². The molecule has 2 heterocycles. The van der Waals surface area contributed by atoms with Gasteiger partial charge in [-0.2, -0.15) is 0 Å². The van der Waals surface area contributed by atoms with E-state index >= 15 is 0 Å². The number of aryl methyl sites for hydroxylation is 1. The summed E-state index contributed by atoms with van der Waals surface area (Å²) in [4.78, 5) is 13.5. The maximum Gasteiger partial charge on any atom is 0.178 e. The number of hydrogen-bond acceptors (Lipinski definition) is 3. The molecule has 3 aromatic rings. The van der Waals surface area contributed by atoms with Gasteiger partial charge in [-0.05, 0) is 30.7 Å². The molecular weight excluding hydrogens is 258 g/mol. The molecule has 0 aliphatic carbocycles. The zero-order valence-electron chi connectivity index (χ0n) is 12.2. The van der Waals surface area contributed by atoms with Gasteiger partial charge in [0.2, 0.25) is 0 Å². The highest BCUT2D eigenvalue weighted by molar-refractivity contribution is 5.49. The Bertz CT molecular complexity index is 738. The van der Waals surface area contributed by atoms with Crippen LogP contribution in [0.15, 0.2) is 60.8 Å². The third-order valence-corrected chi connectivity index (χ3v) is 3.54. The van der Waals surface area contributed by atoms with E-state index in [-0.39, 0.29) is 5.92 Å². The lowest BCUT2D eigenvalue weighted by Gasteiger charge is -2.12. The quantitative estimate of drug-likeness (QED) is 0.725. The molecule has 2 aromatic heterocycles. The first-order chi connectivity index (χ1) is 10.2. The highest BCUT2D eigenvalue weighted by Crippen LogP contribution is 2.24. The molecule has 0 aliphatic rings. The van der Waals surface area contributed by atoms with E-state index in [0.29, 0.717) is 5.82 Å². The van der Waals surface area contributed by atoms with Crippen LogP contribution in [0.4, 0.5) is 0 Å². The minimum absolute atomic E-state index is 0.246. The van der Waals surface area contributed by atoms with Crippen LogP contribution in [0.5, 0.6) is 0 Å². The Kier molecular flexibility index (Phi) is 3.73. The summed E-state index contributed by atoms with van der Waals surface area (Å²) in [5.41, 5.74) is 4.05. The Morgan fingerprint density at radius 1 is 0.857 bits per heavy atom. The summed E-state index contributed by atoms with van der Waals surface area (Å²) in [5.74, 6) is 0.924. The van der Waals surface area contributed by atoms with E-state index in [1.54, 1.807) is 6.20 Å². The second kappa shape index (κ2) is 5.83. The van der Waals surface area contributed by atoms with Gasteiger partial charge in [-0.15, -0.1) is 0 Å². The number of hydrogen-bond donors (Lipinski definition) is 0. The van der Waals surface area contributed by atoms with Gasteiger partial charge in [-0.3, -0.25) is 0 Å². The first-order valence-corrected chi connectivity index (χ1v) is 7.06. The fourth-order valence-electron chi connectivity index (χ4n) is 2.30. The van der Waals surface area contributed by atoms with Crippen LogP contribution in [0, 0.1) is 6.92 Å². The Labute approximate surface area is 124 Å². The summed E-state index contributed by atoms with van der Waals surface area (Å²) in [5, 5.41) is 0. The van der Waals surface area contributed by atoms with Crippen molar-refractivity contribution in [2.75, 3.05) is 0 Å². The Hall–Kier alpha value is -2.55. The SMILES string of the molecule is Cc1ccnc(-c2cccc(C(C)c3ccccc3)n2)n1. The van der Waals surface area contributed by atoms with Crippen LogP contribution in [0.1, 0.15) is 29.8 Å². The first-order valence-electron chi connectivity index (χ1n) is 7.06. The monoisotopic (exact) mass is 275 g/mol. The lowest BCUT2D eigenvalue weighted by atomic mass is 9.97. The highest BCUT2D eigenvalue weighted by Gasteiger charge is 2.11. The van der Waals surface area contributed by atoms with Gasteiger partial charge >= 0.3 is 0 Å². The predicted octanol–water partition coefficient (Wildman–Crippen LogP) is 4.00. The molecule has 0 radical (unpaired) electrons. The molecule has 0 saturated carbocycles. The smallest absolute Gasteiger partial charge is 0.178 e. The maximum atomic E-state index is 4.74. The summed E-state index contributed by atoms with van der Waals surface area (Å²) in [6, 6.07) is 18.3. The molecule has 0 spiro atoms. The molecular formula is C18H17N3. The maximum absolute atomic E-state index is 4.74. The number of pyridine rings is 1. The van der Waals surface area contributed by atoms with Crippen molar-refractivity contribution in [2.45, 2.75) is 19.8 Å². The molecule has 0 N–H and O–H groups in total. The van der Waals surface area contributed by atoms with Gasteiger partial charge in [0, 0.05) is 23.5 Å². The van der Waals surface area contributed by atoms with E-state index in [9.17, 15) is 0 Å². The number of nitrogens with zero attached hydrogens (tertiary/aromatic N) is 3. The molecule has 1 atom stereocenters. The minimum Gasteiger partial charge on any atom is -0.249 e. The van der Waals surface area contributed by atoms with Crippen molar-refractivity contribution in [3.63, 3.8) is 0 Å². The Morgan fingerprint density at radius 2 is 1.67 bits per heavy atom. The first kappa shape index (κ1) is 13.4. The standard InChI is InChI=1S/C18H17N3/c1-13-11-12-19-18(20-13)17-10-6-9-16(21-17)14(2)15-7-4-3-5-8-15/h3-12,14H,1-2H3. The zero-order valence-corrected chi connectivity index (χ0v) is 12.2. The molecule has 3 nitrogen and oxygen atoms in total. The van der Waals surface area contributed by atoms with Crippen LogP contribution in [0.25, 0.3) is 11.5 Å². The molecule has 3 rings (SSSR count). The van der Waals surface area contributed by atoms with Crippen LogP contribution in [-0.4, -0.2) is 15.0 Å². The van der Waals surface area contributed by atoms with E-state index in [1.807, 2.05) is 31.2 Å². The van der Waals surface area contributed by atoms with E-state index < -0.39 is 0 Å². The van der Waals surface area contributed by atoms with Crippen molar-refractivity contribution >= 4 is 0 Å². The summed E-state index contributed by atoms with van der Waals surface area (Å²) < 4.78 is 0. The fourth-order valence-corrected chi connectivity index (χ4v) is 2.30. The topological polar surface area (TPSA) is 38.7 Å². The van der Waals surface area contributed by atoms with Crippen LogP contribution >= 0.6 is 0 Å². The molecule has 0 aliphatic heterocycles. The molecule has 1 aromatic carbocycles. The lowest BCUT2D eigenvalue weighted by Crippen LogP contribution is -2.01. The lowest BCUT2D eigenvalue weighted by molar-refractivity contribution is 0.870. The molecule has 104 valence electrons. The van der Waals surface area contributed by atoms with Gasteiger partial charge in [-0.1, -0.05) is 43.3 Å². The number of aromatic nitrogens is 3.